The number of sulfone groups is 1. The molecule has 0 radical (unpaired) electrons. The zero-order valence-electron chi connectivity index (χ0n) is 8.61. The first-order valence-electron chi connectivity index (χ1n) is 5.28. The molecular formula is C10H18O3S. The summed E-state index contributed by atoms with van der Waals surface area (Å²) in [5.74, 6) is 0.151. The summed E-state index contributed by atoms with van der Waals surface area (Å²) in [6.07, 6.45) is 5.72. The predicted octanol–water partition coefficient (Wildman–Crippen LogP) is 1.57. The van der Waals surface area contributed by atoms with E-state index in [2.05, 4.69) is 0 Å². The van der Waals surface area contributed by atoms with Gasteiger partial charge in [0.15, 0.2) is 9.84 Å². The second-order valence-corrected chi connectivity index (χ2v) is 6.40. The summed E-state index contributed by atoms with van der Waals surface area (Å²) in [7, 11) is -3.18. The molecule has 0 aromatic carbocycles. The Hall–Kier alpha value is -0.380. The zero-order chi connectivity index (χ0) is 10.6. The van der Waals surface area contributed by atoms with E-state index < -0.39 is 15.1 Å². The summed E-state index contributed by atoms with van der Waals surface area (Å²) in [4.78, 5) is 10.8. The van der Waals surface area contributed by atoms with Gasteiger partial charge in [-0.3, -0.25) is 0 Å². The van der Waals surface area contributed by atoms with E-state index in [4.69, 9.17) is 0 Å². The average Bonchev–Trinajstić information content (AvgIpc) is 2.20. The van der Waals surface area contributed by atoms with Gasteiger partial charge in [-0.15, -0.1) is 0 Å². The lowest BCUT2D eigenvalue weighted by molar-refractivity contribution is -0.108. The van der Waals surface area contributed by atoms with Gasteiger partial charge in [0, 0.05) is 5.75 Å². The van der Waals surface area contributed by atoms with Crippen LogP contribution in [0.15, 0.2) is 0 Å². The van der Waals surface area contributed by atoms with Gasteiger partial charge in [0.1, 0.15) is 11.5 Å². The number of rotatable bonds is 4. The van der Waals surface area contributed by atoms with Crippen LogP contribution in [0, 0.1) is 5.92 Å². The molecule has 14 heavy (non-hydrogen) atoms. The molecule has 4 heteroatoms. The fourth-order valence-corrected chi connectivity index (χ4v) is 3.56. The lowest BCUT2D eigenvalue weighted by Gasteiger charge is -2.25. The summed E-state index contributed by atoms with van der Waals surface area (Å²) in [5, 5.41) is -0.743. The van der Waals surface area contributed by atoms with Crippen LogP contribution in [0.4, 0.5) is 0 Å². The van der Waals surface area contributed by atoms with Gasteiger partial charge in [-0.1, -0.05) is 26.2 Å². The van der Waals surface area contributed by atoms with E-state index in [-0.39, 0.29) is 11.7 Å². The molecule has 0 bridgehead atoms. The van der Waals surface area contributed by atoms with Crippen LogP contribution in [0.1, 0.15) is 39.0 Å². The van der Waals surface area contributed by atoms with E-state index >= 15 is 0 Å². The average molecular weight is 218 g/mol. The highest BCUT2D eigenvalue weighted by atomic mass is 32.2. The minimum atomic E-state index is -3.18. The maximum atomic E-state index is 11.6. The minimum absolute atomic E-state index is 0.0752. The first-order chi connectivity index (χ1) is 6.61. The van der Waals surface area contributed by atoms with Crippen molar-refractivity contribution in [1.29, 1.82) is 0 Å². The highest BCUT2D eigenvalue weighted by molar-refractivity contribution is 7.92. The summed E-state index contributed by atoms with van der Waals surface area (Å²) >= 11 is 0. The second kappa shape index (κ2) is 4.91. The zero-order valence-corrected chi connectivity index (χ0v) is 9.42. The number of hydrogen-bond donors (Lipinski definition) is 0. The van der Waals surface area contributed by atoms with Gasteiger partial charge in [-0.2, -0.15) is 0 Å². The first kappa shape index (κ1) is 11.7. The number of hydrogen-bond acceptors (Lipinski definition) is 3. The third-order valence-electron chi connectivity index (χ3n) is 3.07. The Balaban J connectivity index is 2.75. The Morgan fingerprint density at radius 1 is 1.29 bits per heavy atom. The molecule has 0 saturated heterocycles. The summed E-state index contributed by atoms with van der Waals surface area (Å²) < 4.78 is 23.2. The lowest BCUT2D eigenvalue weighted by Crippen LogP contribution is -2.33. The van der Waals surface area contributed by atoms with Gasteiger partial charge in [0.05, 0.1) is 0 Å². The molecule has 0 unspecified atom stereocenters. The second-order valence-electron chi connectivity index (χ2n) is 3.95. The van der Waals surface area contributed by atoms with E-state index in [1.807, 2.05) is 0 Å². The molecule has 0 aromatic heterocycles. The van der Waals surface area contributed by atoms with Crippen molar-refractivity contribution in [2.75, 3.05) is 5.75 Å². The van der Waals surface area contributed by atoms with Crippen molar-refractivity contribution in [3.8, 4) is 0 Å². The number of carbonyl (C=O) groups is 1. The fraction of sp³-hybridized carbons (Fsp3) is 0.900. The van der Waals surface area contributed by atoms with Crippen LogP contribution >= 0.6 is 0 Å². The molecule has 0 aliphatic heterocycles. The third-order valence-corrected chi connectivity index (χ3v) is 5.20. The molecule has 0 heterocycles. The van der Waals surface area contributed by atoms with Gasteiger partial charge in [0.25, 0.3) is 0 Å². The van der Waals surface area contributed by atoms with E-state index in [1.165, 1.54) is 6.42 Å². The highest BCUT2D eigenvalue weighted by Gasteiger charge is 2.32. The highest BCUT2D eigenvalue weighted by Crippen LogP contribution is 2.29. The SMILES string of the molecule is CCS(=O)(=O)[C@H](C=O)C1CCCCC1. The van der Waals surface area contributed by atoms with E-state index in [1.54, 1.807) is 6.92 Å². The Bertz CT molecular complexity index is 276. The number of aldehydes is 1. The van der Waals surface area contributed by atoms with E-state index in [0.29, 0.717) is 6.29 Å². The minimum Gasteiger partial charge on any atom is -0.302 e. The van der Waals surface area contributed by atoms with Gasteiger partial charge in [0.2, 0.25) is 0 Å². The Morgan fingerprint density at radius 2 is 1.86 bits per heavy atom. The Kier molecular flexibility index (Phi) is 4.11. The van der Waals surface area contributed by atoms with E-state index in [0.717, 1.165) is 25.7 Å². The molecule has 0 spiro atoms. The Morgan fingerprint density at radius 3 is 2.29 bits per heavy atom. The third kappa shape index (κ3) is 2.56. The van der Waals surface area contributed by atoms with E-state index in [9.17, 15) is 13.2 Å². The maximum absolute atomic E-state index is 11.6. The standard InChI is InChI=1S/C10H18O3S/c1-2-14(12,13)10(8-11)9-6-4-3-5-7-9/h8-10H,2-7H2,1H3/t10-/m1/s1. The molecule has 1 aliphatic rings. The van der Waals surface area contributed by atoms with Gasteiger partial charge in [-0.05, 0) is 18.8 Å². The Labute approximate surface area is 85.8 Å². The van der Waals surface area contributed by atoms with Crippen molar-refractivity contribution in [3.63, 3.8) is 0 Å². The fourth-order valence-electron chi connectivity index (χ4n) is 2.14. The largest absolute Gasteiger partial charge is 0.302 e. The molecule has 0 aromatic rings. The quantitative estimate of drug-likeness (QED) is 0.673. The van der Waals surface area contributed by atoms with Crippen molar-refractivity contribution in [3.05, 3.63) is 0 Å². The topological polar surface area (TPSA) is 51.2 Å². The molecule has 0 amide bonds. The van der Waals surface area contributed by atoms with Gasteiger partial charge < -0.3 is 4.79 Å². The molecule has 1 saturated carbocycles. The molecule has 1 rings (SSSR count). The van der Waals surface area contributed by atoms with Crippen molar-refractivity contribution in [2.24, 2.45) is 5.92 Å². The van der Waals surface area contributed by atoms with Crippen LogP contribution in [0.3, 0.4) is 0 Å². The van der Waals surface area contributed by atoms with Crippen LogP contribution in [-0.2, 0) is 14.6 Å². The molecule has 0 N–H and O–H groups in total. The van der Waals surface area contributed by atoms with Crippen LogP contribution in [0.5, 0.6) is 0 Å². The van der Waals surface area contributed by atoms with Gasteiger partial charge >= 0.3 is 0 Å². The van der Waals surface area contributed by atoms with Crippen LogP contribution in [0.2, 0.25) is 0 Å². The van der Waals surface area contributed by atoms with Crippen molar-refractivity contribution < 1.29 is 13.2 Å². The number of carbonyl (C=O) groups excluding carboxylic acids is 1. The van der Waals surface area contributed by atoms with Crippen molar-refractivity contribution >= 4 is 16.1 Å². The van der Waals surface area contributed by atoms with Crippen molar-refractivity contribution in [2.45, 2.75) is 44.3 Å². The molecule has 1 atom stereocenters. The summed E-state index contributed by atoms with van der Waals surface area (Å²) in [6.45, 7) is 1.61. The normalized spacial score (nSPS) is 21.8. The summed E-state index contributed by atoms with van der Waals surface area (Å²) in [6, 6.07) is 0. The molecule has 3 nitrogen and oxygen atoms in total. The smallest absolute Gasteiger partial charge is 0.159 e. The van der Waals surface area contributed by atoms with Gasteiger partial charge in [-0.25, -0.2) is 8.42 Å². The predicted molar refractivity (Wildman–Crippen MR) is 55.9 cm³/mol. The van der Waals surface area contributed by atoms with Crippen LogP contribution in [-0.4, -0.2) is 25.7 Å². The lowest BCUT2D eigenvalue weighted by atomic mass is 9.87. The van der Waals surface area contributed by atoms with Crippen LogP contribution in [0.25, 0.3) is 0 Å². The molecule has 1 aliphatic carbocycles. The molecule has 1 fully saturated rings. The van der Waals surface area contributed by atoms with Crippen molar-refractivity contribution in [1.82, 2.24) is 0 Å². The van der Waals surface area contributed by atoms with Crippen LogP contribution < -0.4 is 0 Å². The summed E-state index contributed by atoms with van der Waals surface area (Å²) in [5.41, 5.74) is 0. The maximum Gasteiger partial charge on any atom is 0.159 e. The molecular weight excluding hydrogens is 200 g/mol. The molecule has 82 valence electrons. The first-order valence-corrected chi connectivity index (χ1v) is 7.00. The monoisotopic (exact) mass is 218 g/mol.